The molecule has 4 nitrogen and oxygen atoms in total. The average Bonchev–Trinajstić information content (AvgIpc) is 2.31. The molecule has 0 unspecified atom stereocenters. The minimum Gasteiger partial charge on any atom is -0.494 e. The number of halogens is 1. The van der Waals surface area contributed by atoms with Gasteiger partial charge in [0.05, 0.1) is 12.0 Å². The highest BCUT2D eigenvalue weighted by Crippen LogP contribution is 2.25. The molecule has 1 N–H and O–H groups in total. The maximum Gasteiger partial charge on any atom is 0.241 e. The fourth-order valence-electron chi connectivity index (χ4n) is 1.45. The van der Waals surface area contributed by atoms with E-state index in [1.165, 1.54) is 32.2 Å². The molecule has 18 heavy (non-hydrogen) atoms. The van der Waals surface area contributed by atoms with Gasteiger partial charge in [0.15, 0.2) is 11.6 Å². The van der Waals surface area contributed by atoms with Gasteiger partial charge in [-0.15, -0.1) is 6.58 Å². The summed E-state index contributed by atoms with van der Waals surface area (Å²) in [6, 6.07) is 2.17. The molecule has 0 heterocycles. The first-order chi connectivity index (χ1) is 8.33. The van der Waals surface area contributed by atoms with E-state index < -0.39 is 21.9 Å². The summed E-state index contributed by atoms with van der Waals surface area (Å²) in [6.45, 7) is 6.52. The predicted octanol–water partition coefficient (Wildman–Crippen LogP) is 2.00. The maximum atomic E-state index is 13.8. The van der Waals surface area contributed by atoms with E-state index in [9.17, 15) is 12.8 Å². The minimum absolute atomic E-state index is 0.0169. The van der Waals surface area contributed by atoms with Crippen molar-refractivity contribution >= 4 is 10.0 Å². The maximum absolute atomic E-state index is 13.8. The first kappa shape index (κ1) is 14.7. The Morgan fingerprint density at radius 1 is 1.50 bits per heavy atom. The Bertz CT molecular complexity index is 555. The smallest absolute Gasteiger partial charge is 0.241 e. The van der Waals surface area contributed by atoms with Gasteiger partial charge in [-0.25, -0.2) is 17.5 Å². The molecule has 1 aromatic carbocycles. The van der Waals surface area contributed by atoms with E-state index in [0.29, 0.717) is 0 Å². The standard InChI is InChI=1S/C12H16FNO3S/c1-5-8(2)14-18(15,16)11-7-6-10(17-4)12(13)9(11)3/h5-8,14H,1H2,2-4H3/t8-/m0/s1. The second kappa shape index (κ2) is 5.49. The lowest BCUT2D eigenvalue weighted by Gasteiger charge is -2.13. The van der Waals surface area contributed by atoms with Gasteiger partial charge in [0.1, 0.15) is 0 Å². The molecule has 1 rings (SSSR count). The fraction of sp³-hybridized carbons (Fsp3) is 0.333. The van der Waals surface area contributed by atoms with Crippen LogP contribution >= 0.6 is 0 Å². The molecule has 0 fully saturated rings. The molecular weight excluding hydrogens is 257 g/mol. The third-order valence-corrected chi connectivity index (χ3v) is 4.21. The largest absolute Gasteiger partial charge is 0.494 e. The van der Waals surface area contributed by atoms with Gasteiger partial charge in [-0.1, -0.05) is 6.08 Å². The Hall–Kier alpha value is -1.40. The average molecular weight is 273 g/mol. The van der Waals surface area contributed by atoms with Crippen molar-refractivity contribution in [1.29, 1.82) is 0 Å². The predicted molar refractivity (Wildman–Crippen MR) is 67.7 cm³/mol. The molecule has 1 atom stereocenters. The van der Waals surface area contributed by atoms with E-state index in [0.717, 1.165) is 0 Å². The summed E-state index contributed by atoms with van der Waals surface area (Å²) in [7, 11) is -2.44. The Morgan fingerprint density at radius 3 is 2.61 bits per heavy atom. The van der Waals surface area contributed by atoms with Crippen LogP contribution in [-0.4, -0.2) is 21.6 Å². The Morgan fingerprint density at radius 2 is 2.11 bits per heavy atom. The van der Waals surface area contributed by atoms with Crippen LogP contribution in [0.5, 0.6) is 5.75 Å². The zero-order chi connectivity index (χ0) is 13.9. The zero-order valence-corrected chi connectivity index (χ0v) is 11.3. The lowest BCUT2D eigenvalue weighted by atomic mass is 10.2. The van der Waals surface area contributed by atoms with Crippen LogP contribution in [0.25, 0.3) is 0 Å². The number of ether oxygens (including phenoxy) is 1. The van der Waals surface area contributed by atoms with E-state index in [2.05, 4.69) is 11.3 Å². The number of sulfonamides is 1. The molecular formula is C12H16FNO3S. The summed E-state index contributed by atoms with van der Waals surface area (Å²) >= 11 is 0. The molecule has 0 saturated heterocycles. The van der Waals surface area contributed by atoms with E-state index in [4.69, 9.17) is 4.74 Å². The van der Waals surface area contributed by atoms with Gasteiger partial charge in [0.2, 0.25) is 10.0 Å². The normalized spacial score (nSPS) is 13.1. The molecule has 0 spiro atoms. The molecule has 0 aliphatic carbocycles. The fourth-order valence-corrected chi connectivity index (χ4v) is 2.90. The Balaban J connectivity index is 3.26. The van der Waals surface area contributed by atoms with Crippen LogP contribution < -0.4 is 9.46 Å². The Labute approximate surface area is 107 Å². The highest BCUT2D eigenvalue weighted by Gasteiger charge is 2.22. The van der Waals surface area contributed by atoms with Crippen LogP contribution in [0.3, 0.4) is 0 Å². The summed E-state index contributed by atoms with van der Waals surface area (Å²) in [4.78, 5) is -0.102. The van der Waals surface area contributed by atoms with Gasteiger partial charge >= 0.3 is 0 Å². The summed E-state index contributed by atoms with van der Waals surface area (Å²) in [5.74, 6) is -0.658. The van der Waals surface area contributed by atoms with Crippen molar-refractivity contribution in [2.45, 2.75) is 24.8 Å². The van der Waals surface area contributed by atoms with Crippen LogP contribution in [0.2, 0.25) is 0 Å². The van der Waals surface area contributed by atoms with Crippen molar-refractivity contribution in [3.63, 3.8) is 0 Å². The first-order valence-electron chi connectivity index (χ1n) is 5.31. The Kier molecular flexibility index (Phi) is 4.48. The van der Waals surface area contributed by atoms with E-state index >= 15 is 0 Å². The summed E-state index contributed by atoms with van der Waals surface area (Å²) in [6.07, 6.45) is 1.45. The van der Waals surface area contributed by atoms with Gasteiger partial charge < -0.3 is 4.74 Å². The lowest BCUT2D eigenvalue weighted by molar-refractivity contribution is 0.384. The second-order valence-electron chi connectivity index (χ2n) is 3.85. The molecule has 0 saturated carbocycles. The van der Waals surface area contributed by atoms with Crippen LogP contribution in [-0.2, 0) is 10.0 Å². The number of benzene rings is 1. The van der Waals surface area contributed by atoms with Crippen molar-refractivity contribution < 1.29 is 17.5 Å². The molecule has 0 aliphatic rings. The number of hydrogen-bond donors (Lipinski definition) is 1. The van der Waals surface area contributed by atoms with Gasteiger partial charge in [0.25, 0.3) is 0 Å². The summed E-state index contributed by atoms with van der Waals surface area (Å²) < 4.78 is 45.0. The van der Waals surface area contributed by atoms with Gasteiger partial charge in [-0.2, -0.15) is 0 Å². The quantitative estimate of drug-likeness (QED) is 0.835. The monoisotopic (exact) mass is 273 g/mol. The van der Waals surface area contributed by atoms with Crippen molar-refractivity contribution in [3.8, 4) is 5.75 Å². The molecule has 0 aromatic heterocycles. The van der Waals surface area contributed by atoms with Crippen molar-refractivity contribution in [2.24, 2.45) is 0 Å². The summed E-state index contributed by atoms with van der Waals surface area (Å²) in [5, 5.41) is 0. The molecule has 0 aliphatic heterocycles. The van der Waals surface area contributed by atoms with Crippen LogP contribution in [0.15, 0.2) is 29.7 Å². The van der Waals surface area contributed by atoms with E-state index in [-0.39, 0.29) is 16.2 Å². The number of rotatable bonds is 5. The molecule has 0 bridgehead atoms. The molecule has 6 heteroatoms. The SMILES string of the molecule is C=C[C@H](C)NS(=O)(=O)c1ccc(OC)c(F)c1C. The third-order valence-electron chi connectivity index (χ3n) is 2.51. The molecule has 0 amide bonds. The van der Waals surface area contributed by atoms with Gasteiger partial charge in [-0.05, 0) is 26.0 Å². The minimum atomic E-state index is -3.77. The third kappa shape index (κ3) is 2.88. The molecule has 1 aromatic rings. The number of nitrogens with one attached hydrogen (secondary N) is 1. The molecule has 100 valence electrons. The van der Waals surface area contributed by atoms with Gasteiger partial charge in [0, 0.05) is 11.6 Å². The van der Waals surface area contributed by atoms with Crippen LogP contribution in [0.4, 0.5) is 4.39 Å². The highest BCUT2D eigenvalue weighted by molar-refractivity contribution is 7.89. The molecule has 0 radical (unpaired) electrons. The van der Waals surface area contributed by atoms with Crippen molar-refractivity contribution in [2.75, 3.05) is 7.11 Å². The van der Waals surface area contributed by atoms with Crippen LogP contribution in [0.1, 0.15) is 12.5 Å². The van der Waals surface area contributed by atoms with Crippen LogP contribution in [0, 0.1) is 12.7 Å². The second-order valence-corrected chi connectivity index (χ2v) is 5.53. The van der Waals surface area contributed by atoms with E-state index in [1.807, 2.05) is 0 Å². The summed E-state index contributed by atoms with van der Waals surface area (Å²) in [5.41, 5.74) is 0.0260. The van der Waals surface area contributed by atoms with Crippen molar-refractivity contribution in [3.05, 3.63) is 36.2 Å². The first-order valence-corrected chi connectivity index (χ1v) is 6.79. The zero-order valence-electron chi connectivity index (χ0n) is 10.5. The topological polar surface area (TPSA) is 55.4 Å². The van der Waals surface area contributed by atoms with Crippen molar-refractivity contribution in [1.82, 2.24) is 4.72 Å². The lowest BCUT2D eigenvalue weighted by Crippen LogP contribution is -2.31. The number of hydrogen-bond acceptors (Lipinski definition) is 3. The number of methoxy groups -OCH3 is 1. The highest BCUT2D eigenvalue weighted by atomic mass is 32.2. The van der Waals surface area contributed by atoms with Gasteiger partial charge in [-0.3, -0.25) is 0 Å². The van der Waals surface area contributed by atoms with E-state index in [1.54, 1.807) is 6.92 Å².